The fourth-order valence-corrected chi connectivity index (χ4v) is 6.06. The molecule has 217 valence electrons. The van der Waals surface area contributed by atoms with Crippen molar-refractivity contribution >= 4 is 48.2 Å². The summed E-state index contributed by atoms with van der Waals surface area (Å²) in [4.78, 5) is 17.1. The first-order valence-electron chi connectivity index (χ1n) is 14.3. The van der Waals surface area contributed by atoms with Crippen molar-refractivity contribution in [1.29, 1.82) is 0 Å². The Hall–Kier alpha value is -2.85. The molecule has 0 spiro atoms. The van der Waals surface area contributed by atoms with E-state index in [1.807, 2.05) is 77.1 Å². The first-order chi connectivity index (χ1) is 19.2. The van der Waals surface area contributed by atoms with Crippen LogP contribution in [0.3, 0.4) is 0 Å². The van der Waals surface area contributed by atoms with Crippen LogP contribution in [0.4, 0.5) is 0 Å². The molecule has 2 aromatic heterocycles. The summed E-state index contributed by atoms with van der Waals surface area (Å²) < 4.78 is 2.55. The van der Waals surface area contributed by atoms with E-state index in [1.54, 1.807) is 0 Å². The van der Waals surface area contributed by atoms with E-state index in [0.717, 1.165) is 42.5 Å². The van der Waals surface area contributed by atoms with Crippen molar-refractivity contribution in [1.82, 2.24) is 4.98 Å². The number of benzene rings is 3. The third kappa shape index (κ3) is 6.64. The molecule has 0 aliphatic carbocycles. The molecule has 5 rings (SSSR count). The normalized spacial score (nSPS) is 12.2. The van der Waals surface area contributed by atoms with Crippen molar-refractivity contribution in [3.63, 3.8) is 0 Å². The number of para-hydroxylation sites is 1. The van der Waals surface area contributed by atoms with Gasteiger partial charge in [0.2, 0.25) is 0 Å². The second-order valence-electron chi connectivity index (χ2n) is 11.0. The third-order valence-corrected chi connectivity index (χ3v) is 9.96. The third-order valence-electron chi connectivity index (χ3n) is 8.78. The number of aliphatic hydroxyl groups excluding tert-OH is 1. The van der Waals surface area contributed by atoms with Gasteiger partial charge < -0.3 is 5.11 Å². The van der Waals surface area contributed by atoms with Gasteiger partial charge in [0.25, 0.3) is 0 Å². The largest absolute Gasteiger partial charge is 0.512 e. The van der Waals surface area contributed by atoms with Crippen molar-refractivity contribution in [3.8, 4) is 11.3 Å². The maximum absolute atomic E-state index is 12.2. The van der Waals surface area contributed by atoms with Gasteiger partial charge in [0, 0.05) is 68.3 Å². The van der Waals surface area contributed by atoms with Crippen molar-refractivity contribution in [3.05, 3.63) is 90.7 Å². The summed E-state index contributed by atoms with van der Waals surface area (Å²) in [5, 5.41) is 14.0. The molecule has 5 heteroatoms. The molecule has 0 saturated heterocycles. The van der Waals surface area contributed by atoms with Gasteiger partial charge >= 0.3 is 0 Å². The summed E-state index contributed by atoms with van der Waals surface area (Å²) >= 11 is 1.82. The number of hydrogen-bond acceptors (Lipinski definition) is 4. The number of fused-ring (bicyclic) bond motifs is 5. The predicted molar refractivity (Wildman–Crippen MR) is 172 cm³/mol. The minimum atomic E-state index is -0.337. The van der Waals surface area contributed by atoms with Gasteiger partial charge in [0.05, 0.1) is 5.52 Å². The first kappa shape index (κ1) is 32.7. The van der Waals surface area contributed by atoms with Crippen molar-refractivity contribution in [2.45, 2.75) is 67.2 Å². The zero-order chi connectivity index (χ0) is 28.9. The number of allylic oxidation sites excluding steroid dienone is 2. The van der Waals surface area contributed by atoms with Crippen LogP contribution in [0.15, 0.2) is 84.6 Å². The number of rotatable bonds is 8. The Morgan fingerprint density at radius 3 is 2.05 bits per heavy atom. The zero-order valence-corrected chi connectivity index (χ0v) is 28.1. The van der Waals surface area contributed by atoms with E-state index in [-0.39, 0.29) is 42.5 Å². The second-order valence-corrected chi connectivity index (χ2v) is 12.0. The van der Waals surface area contributed by atoms with Gasteiger partial charge in [-0.15, -0.1) is 47.2 Å². The maximum Gasteiger partial charge on any atom is 0.164 e. The average Bonchev–Trinajstić information content (AvgIpc) is 3.40. The van der Waals surface area contributed by atoms with Gasteiger partial charge in [-0.1, -0.05) is 77.9 Å². The molecule has 3 aromatic carbocycles. The summed E-state index contributed by atoms with van der Waals surface area (Å²) in [6.07, 6.45) is 4.75. The number of ketones is 1. The van der Waals surface area contributed by atoms with Gasteiger partial charge in [-0.05, 0) is 37.8 Å². The minimum Gasteiger partial charge on any atom is -0.512 e. The number of aromatic nitrogens is 1. The summed E-state index contributed by atoms with van der Waals surface area (Å²) in [6, 6.07) is 28.4. The van der Waals surface area contributed by atoms with Gasteiger partial charge in [0.1, 0.15) is 5.76 Å². The number of pyridine rings is 1. The maximum atomic E-state index is 12.2. The fourth-order valence-electron chi connectivity index (χ4n) is 4.84. The van der Waals surface area contributed by atoms with Crippen molar-refractivity contribution in [2.24, 2.45) is 10.8 Å². The van der Waals surface area contributed by atoms with Crippen LogP contribution in [0.2, 0.25) is 0 Å². The van der Waals surface area contributed by atoms with E-state index >= 15 is 0 Å². The fraction of sp³-hybridized carbons (Fsp3) is 0.333. The number of carbonyl (C=O) groups is 1. The number of carbonyl (C=O) groups excluding carboxylic acids is 1. The molecule has 0 fully saturated rings. The molecule has 2 heterocycles. The van der Waals surface area contributed by atoms with Gasteiger partial charge in [-0.3, -0.25) is 9.78 Å². The van der Waals surface area contributed by atoms with Gasteiger partial charge in [-0.25, -0.2) is 0 Å². The monoisotopic (exact) mass is 743 g/mol. The molecule has 0 bridgehead atoms. The van der Waals surface area contributed by atoms with Crippen LogP contribution < -0.4 is 0 Å². The van der Waals surface area contributed by atoms with E-state index < -0.39 is 0 Å². The van der Waals surface area contributed by atoms with E-state index in [1.165, 1.54) is 31.6 Å². The predicted octanol–water partition coefficient (Wildman–Crippen LogP) is 10.7. The Morgan fingerprint density at radius 1 is 0.854 bits per heavy atom. The Morgan fingerprint density at radius 2 is 1.44 bits per heavy atom. The Bertz CT molecular complexity index is 1650. The van der Waals surface area contributed by atoms with E-state index in [2.05, 4.69) is 54.6 Å². The zero-order valence-electron chi connectivity index (χ0n) is 24.9. The topological polar surface area (TPSA) is 50.2 Å². The van der Waals surface area contributed by atoms with E-state index in [4.69, 9.17) is 4.98 Å². The van der Waals surface area contributed by atoms with Gasteiger partial charge in [0.15, 0.2) is 5.78 Å². The molecular formula is C36H40IrNO2S-. The average molecular weight is 743 g/mol. The van der Waals surface area contributed by atoms with Crippen LogP contribution in [-0.2, 0) is 24.9 Å². The molecule has 1 N–H and O–H groups in total. The molecule has 0 atom stereocenters. The first-order valence-corrected chi connectivity index (χ1v) is 15.2. The van der Waals surface area contributed by atoms with Crippen LogP contribution in [-0.4, -0.2) is 15.9 Å². The molecule has 0 amide bonds. The summed E-state index contributed by atoms with van der Waals surface area (Å²) in [5.41, 5.74) is 2.51. The molecule has 0 saturated carbocycles. The smallest absolute Gasteiger partial charge is 0.164 e. The summed E-state index contributed by atoms with van der Waals surface area (Å²) in [7, 11) is 0. The van der Waals surface area contributed by atoms with Crippen molar-refractivity contribution < 1.29 is 30.0 Å². The molecular weight excluding hydrogens is 703 g/mol. The molecule has 0 unspecified atom stereocenters. The Balaban J connectivity index is 0.000000233. The molecule has 41 heavy (non-hydrogen) atoms. The quantitative estimate of drug-likeness (QED) is 0.0978. The summed E-state index contributed by atoms with van der Waals surface area (Å²) in [6.45, 7) is 12.1. The molecule has 1 radical (unpaired) electrons. The molecule has 0 aliphatic rings. The van der Waals surface area contributed by atoms with Gasteiger partial charge in [-0.2, -0.15) is 0 Å². The SMILES string of the molecule is CCC(C)(CC)C(=O)/C=C(\O)C(C)(CC)CC.[Ir].[c-]1ccccc1-c1nc2ccccc2c2c1sc1ccccc12. The Kier molecular flexibility index (Phi) is 11.1. The van der Waals surface area contributed by atoms with E-state index in [0.29, 0.717) is 0 Å². The van der Waals surface area contributed by atoms with Crippen LogP contribution in [0.1, 0.15) is 67.2 Å². The number of hydrogen-bond donors (Lipinski definition) is 1. The number of aliphatic hydroxyl groups is 1. The Labute approximate surface area is 262 Å². The number of thiophene rings is 1. The van der Waals surface area contributed by atoms with Crippen LogP contribution in [0.5, 0.6) is 0 Å². The van der Waals surface area contributed by atoms with Crippen molar-refractivity contribution in [2.75, 3.05) is 0 Å². The van der Waals surface area contributed by atoms with E-state index in [9.17, 15) is 9.90 Å². The second kappa shape index (κ2) is 13.9. The van der Waals surface area contributed by atoms with Crippen LogP contribution in [0, 0.1) is 16.9 Å². The molecule has 3 nitrogen and oxygen atoms in total. The standard InChI is InChI=1S/C21H12NS.C15H28O2.Ir/c1-2-8-14(9-3-1)20-21-19(15-10-4-6-12-17(15)22-20)16-11-5-7-13-18(16)23-21;1-7-14(5,8-2)12(16)11-13(17)15(6,9-3)10-4;/h1-8,10-13H;11,16H,7-10H2,1-6H3;/q-1;;/b;12-11-;. The summed E-state index contributed by atoms with van der Waals surface area (Å²) in [5.74, 6) is 0.286. The molecule has 0 aliphatic heterocycles. The van der Waals surface area contributed by atoms with Crippen LogP contribution >= 0.6 is 11.3 Å². The minimum absolute atomic E-state index is 0. The molecule has 5 aromatic rings. The number of nitrogens with zero attached hydrogens (tertiary/aromatic N) is 1. The van der Waals surface area contributed by atoms with Crippen LogP contribution in [0.25, 0.3) is 42.3 Å².